The minimum Gasteiger partial charge on any atom is -0.455 e. The first-order chi connectivity index (χ1) is 9.51. The molecule has 2 rings (SSSR count). The number of nitrogens with zero attached hydrogens (tertiary/aromatic N) is 2. The largest absolute Gasteiger partial charge is 0.455 e. The Kier molecular flexibility index (Phi) is 4.23. The summed E-state index contributed by atoms with van der Waals surface area (Å²) in [6, 6.07) is 10.7. The molecular formula is C13H6BrClN2O3. The number of ether oxygens (including phenoxy) is 1. The van der Waals surface area contributed by atoms with Crippen molar-refractivity contribution in [2.24, 2.45) is 0 Å². The Labute approximate surface area is 127 Å². The highest BCUT2D eigenvalue weighted by Gasteiger charge is 2.13. The fourth-order valence-electron chi connectivity index (χ4n) is 1.48. The van der Waals surface area contributed by atoms with E-state index in [1.165, 1.54) is 30.3 Å². The quantitative estimate of drug-likeness (QED) is 0.593. The van der Waals surface area contributed by atoms with E-state index >= 15 is 0 Å². The molecule has 0 spiro atoms. The number of nitro benzene ring substituents is 1. The minimum atomic E-state index is -0.521. The number of nitriles is 1. The smallest absolute Gasteiger partial charge is 0.273 e. The number of hydrogen-bond donors (Lipinski definition) is 0. The summed E-state index contributed by atoms with van der Waals surface area (Å²) in [6.45, 7) is 0. The van der Waals surface area contributed by atoms with Gasteiger partial charge >= 0.3 is 0 Å². The number of nitro groups is 1. The van der Waals surface area contributed by atoms with Crippen LogP contribution >= 0.6 is 27.5 Å². The fraction of sp³-hybridized carbons (Fsp3) is 0. The van der Waals surface area contributed by atoms with Gasteiger partial charge in [0.2, 0.25) is 0 Å². The topological polar surface area (TPSA) is 76.2 Å². The third-order valence-electron chi connectivity index (χ3n) is 2.41. The van der Waals surface area contributed by atoms with Gasteiger partial charge < -0.3 is 4.74 Å². The third-order valence-corrected chi connectivity index (χ3v) is 3.30. The minimum absolute atomic E-state index is 0.101. The van der Waals surface area contributed by atoms with Crippen LogP contribution in [-0.4, -0.2) is 4.92 Å². The number of benzene rings is 2. The van der Waals surface area contributed by atoms with Gasteiger partial charge in [0.05, 0.1) is 21.0 Å². The molecule has 0 atom stereocenters. The average molecular weight is 354 g/mol. The van der Waals surface area contributed by atoms with Gasteiger partial charge in [-0.1, -0.05) is 11.6 Å². The molecular weight excluding hydrogens is 348 g/mol. The molecule has 0 saturated carbocycles. The van der Waals surface area contributed by atoms with Crippen molar-refractivity contribution in [3.8, 4) is 17.6 Å². The maximum atomic E-state index is 10.7. The Morgan fingerprint density at radius 1 is 1.25 bits per heavy atom. The van der Waals surface area contributed by atoms with Gasteiger partial charge in [-0.05, 0) is 40.2 Å². The van der Waals surface area contributed by atoms with Gasteiger partial charge in [-0.25, -0.2) is 0 Å². The molecule has 0 heterocycles. The molecule has 0 fully saturated rings. The number of hydrogen-bond acceptors (Lipinski definition) is 4. The fourth-order valence-corrected chi connectivity index (χ4v) is 1.98. The predicted octanol–water partition coefficient (Wildman–Crippen LogP) is 4.67. The molecule has 20 heavy (non-hydrogen) atoms. The van der Waals surface area contributed by atoms with E-state index in [9.17, 15) is 10.1 Å². The van der Waals surface area contributed by atoms with Crippen LogP contribution in [0.1, 0.15) is 5.56 Å². The summed E-state index contributed by atoms with van der Waals surface area (Å²) in [7, 11) is 0. The van der Waals surface area contributed by atoms with Gasteiger partial charge in [0.15, 0.2) is 0 Å². The van der Waals surface area contributed by atoms with Crippen LogP contribution in [0.15, 0.2) is 40.9 Å². The van der Waals surface area contributed by atoms with Crippen molar-refractivity contribution >= 4 is 33.2 Å². The van der Waals surface area contributed by atoms with Crippen LogP contribution in [-0.2, 0) is 0 Å². The highest BCUT2D eigenvalue weighted by Crippen LogP contribution is 2.34. The number of non-ortho nitro benzene ring substituents is 1. The average Bonchev–Trinajstić information content (AvgIpc) is 2.42. The lowest BCUT2D eigenvalue weighted by atomic mass is 10.2. The standard InChI is InChI=1S/C13H6BrClN2O3/c14-11-3-2-10(17(18)19)6-13(11)20-12-4-1-9(15)5-8(12)7-16/h1-6H. The molecule has 2 aromatic carbocycles. The molecule has 100 valence electrons. The molecule has 2 aromatic rings. The first-order valence-corrected chi connectivity index (χ1v) is 6.50. The Balaban J connectivity index is 2.42. The maximum absolute atomic E-state index is 10.7. The molecule has 0 unspecified atom stereocenters. The summed E-state index contributed by atoms with van der Waals surface area (Å²) in [6.07, 6.45) is 0. The summed E-state index contributed by atoms with van der Waals surface area (Å²) in [4.78, 5) is 10.2. The van der Waals surface area contributed by atoms with Crippen LogP contribution in [0.3, 0.4) is 0 Å². The molecule has 0 N–H and O–H groups in total. The Hall–Kier alpha value is -2.10. The first kappa shape index (κ1) is 14.3. The zero-order chi connectivity index (χ0) is 14.7. The van der Waals surface area contributed by atoms with E-state index < -0.39 is 4.92 Å². The Morgan fingerprint density at radius 2 is 2.00 bits per heavy atom. The molecule has 0 radical (unpaired) electrons. The second-order valence-corrected chi connectivity index (χ2v) is 5.02. The predicted molar refractivity (Wildman–Crippen MR) is 77.0 cm³/mol. The van der Waals surface area contributed by atoms with Gasteiger partial charge in [-0.2, -0.15) is 5.26 Å². The zero-order valence-corrected chi connectivity index (χ0v) is 12.2. The van der Waals surface area contributed by atoms with Gasteiger partial charge in [-0.15, -0.1) is 0 Å². The molecule has 5 nitrogen and oxygen atoms in total. The van der Waals surface area contributed by atoms with Crippen molar-refractivity contribution in [3.63, 3.8) is 0 Å². The molecule has 0 aromatic heterocycles. The monoisotopic (exact) mass is 352 g/mol. The Morgan fingerprint density at radius 3 is 2.65 bits per heavy atom. The highest BCUT2D eigenvalue weighted by molar-refractivity contribution is 9.10. The van der Waals surface area contributed by atoms with Crippen molar-refractivity contribution < 1.29 is 9.66 Å². The molecule has 0 aliphatic heterocycles. The summed E-state index contributed by atoms with van der Waals surface area (Å²) >= 11 is 9.03. The van der Waals surface area contributed by atoms with Crippen molar-refractivity contribution in [1.29, 1.82) is 5.26 Å². The summed E-state index contributed by atoms with van der Waals surface area (Å²) < 4.78 is 6.09. The number of rotatable bonds is 3. The summed E-state index contributed by atoms with van der Waals surface area (Å²) in [5.41, 5.74) is 0.145. The van der Waals surface area contributed by atoms with E-state index in [4.69, 9.17) is 21.6 Å². The van der Waals surface area contributed by atoms with Gasteiger partial charge in [-0.3, -0.25) is 10.1 Å². The molecule has 0 aliphatic rings. The normalized spacial score (nSPS) is 9.85. The van der Waals surface area contributed by atoms with E-state index in [1.54, 1.807) is 6.07 Å². The maximum Gasteiger partial charge on any atom is 0.273 e. The van der Waals surface area contributed by atoms with Crippen LogP contribution in [0.2, 0.25) is 5.02 Å². The molecule has 7 heteroatoms. The van der Waals surface area contributed by atoms with Crippen LogP contribution in [0.25, 0.3) is 0 Å². The summed E-state index contributed by atoms with van der Waals surface area (Å²) in [5.74, 6) is 0.524. The third kappa shape index (κ3) is 3.07. The summed E-state index contributed by atoms with van der Waals surface area (Å²) in [5, 5.41) is 20.2. The molecule has 0 bridgehead atoms. The number of halogens is 2. The van der Waals surface area contributed by atoms with Crippen LogP contribution in [0.5, 0.6) is 11.5 Å². The van der Waals surface area contributed by atoms with Crippen molar-refractivity contribution in [2.75, 3.05) is 0 Å². The first-order valence-electron chi connectivity index (χ1n) is 5.32. The SMILES string of the molecule is N#Cc1cc(Cl)ccc1Oc1cc([N+](=O)[O-])ccc1Br. The van der Waals surface area contributed by atoms with E-state index in [-0.39, 0.29) is 22.7 Å². The van der Waals surface area contributed by atoms with Crippen LogP contribution < -0.4 is 4.74 Å². The van der Waals surface area contributed by atoms with Crippen LogP contribution in [0.4, 0.5) is 5.69 Å². The van der Waals surface area contributed by atoms with E-state index in [0.29, 0.717) is 9.50 Å². The molecule has 0 saturated heterocycles. The lowest BCUT2D eigenvalue weighted by Gasteiger charge is -2.09. The van der Waals surface area contributed by atoms with Gasteiger partial charge in [0, 0.05) is 11.1 Å². The molecule has 0 aliphatic carbocycles. The van der Waals surface area contributed by atoms with Gasteiger partial charge in [0.1, 0.15) is 17.6 Å². The lowest BCUT2D eigenvalue weighted by molar-refractivity contribution is -0.384. The second kappa shape index (κ2) is 5.90. The van der Waals surface area contributed by atoms with E-state index in [2.05, 4.69) is 15.9 Å². The van der Waals surface area contributed by atoms with Crippen LogP contribution in [0, 0.1) is 21.4 Å². The van der Waals surface area contributed by atoms with E-state index in [0.717, 1.165) is 0 Å². The highest BCUT2D eigenvalue weighted by atomic mass is 79.9. The molecule has 0 amide bonds. The van der Waals surface area contributed by atoms with Crippen molar-refractivity contribution in [1.82, 2.24) is 0 Å². The lowest BCUT2D eigenvalue weighted by Crippen LogP contribution is -1.92. The van der Waals surface area contributed by atoms with Gasteiger partial charge in [0.25, 0.3) is 5.69 Å². The van der Waals surface area contributed by atoms with Crippen molar-refractivity contribution in [2.45, 2.75) is 0 Å². The second-order valence-electron chi connectivity index (χ2n) is 3.73. The van der Waals surface area contributed by atoms with E-state index in [1.807, 2.05) is 6.07 Å². The Bertz CT molecular complexity index is 728. The zero-order valence-electron chi connectivity index (χ0n) is 9.84. The van der Waals surface area contributed by atoms with Crippen molar-refractivity contribution in [3.05, 3.63) is 61.6 Å².